The summed E-state index contributed by atoms with van der Waals surface area (Å²) in [6.45, 7) is 3.40. The summed E-state index contributed by atoms with van der Waals surface area (Å²) in [5, 5.41) is 0. The van der Waals surface area contributed by atoms with Crippen molar-refractivity contribution in [2.45, 2.75) is 13.3 Å². The van der Waals surface area contributed by atoms with Crippen LogP contribution in [0.3, 0.4) is 0 Å². The molecule has 2 aromatic rings. The Labute approximate surface area is 130 Å². The third-order valence-corrected chi connectivity index (χ3v) is 3.93. The summed E-state index contributed by atoms with van der Waals surface area (Å²) in [6.07, 6.45) is 4.41. The average molecular weight is 297 g/mol. The van der Waals surface area contributed by atoms with Crippen LogP contribution in [0, 0.1) is 0 Å². The highest BCUT2D eigenvalue weighted by Crippen LogP contribution is 2.29. The fourth-order valence-corrected chi connectivity index (χ4v) is 2.74. The second-order valence-electron chi connectivity index (χ2n) is 5.15. The number of amides is 2. The van der Waals surface area contributed by atoms with Gasteiger partial charge in [0.25, 0.3) is 0 Å². The standard InChI is InChI=1S/C17H19N3O2/c1-3-13-7-8-18-12-16(13)20-10-9-19(17(20)21)14-5-4-6-15(11-14)22-2/h4-8,11-12H,3,9-10H2,1-2H3. The van der Waals surface area contributed by atoms with Gasteiger partial charge in [-0.1, -0.05) is 13.0 Å². The molecule has 114 valence electrons. The van der Waals surface area contributed by atoms with Crippen molar-refractivity contribution in [1.29, 1.82) is 0 Å². The molecule has 0 atom stereocenters. The third kappa shape index (κ3) is 2.50. The summed E-state index contributed by atoms with van der Waals surface area (Å²) >= 11 is 0. The molecule has 1 aliphatic rings. The van der Waals surface area contributed by atoms with Gasteiger partial charge in [0.05, 0.1) is 19.0 Å². The highest BCUT2D eigenvalue weighted by molar-refractivity contribution is 6.06. The number of hydrogen-bond acceptors (Lipinski definition) is 3. The Morgan fingerprint density at radius 3 is 2.82 bits per heavy atom. The van der Waals surface area contributed by atoms with Gasteiger partial charge in [0.15, 0.2) is 0 Å². The summed E-state index contributed by atoms with van der Waals surface area (Å²) in [5.74, 6) is 0.749. The first-order valence-corrected chi connectivity index (χ1v) is 7.40. The number of ether oxygens (including phenoxy) is 1. The van der Waals surface area contributed by atoms with Crippen molar-refractivity contribution in [2.75, 3.05) is 30.0 Å². The van der Waals surface area contributed by atoms with Crippen LogP contribution in [-0.2, 0) is 6.42 Å². The predicted octanol–water partition coefficient (Wildman–Crippen LogP) is 3.10. The average Bonchev–Trinajstić information content (AvgIpc) is 2.96. The lowest BCUT2D eigenvalue weighted by molar-refractivity contribution is 0.256. The van der Waals surface area contributed by atoms with Crippen molar-refractivity contribution in [2.24, 2.45) is 0 Å². The molecule has 2 amide bonds. The van der Waals surface area contributed by atoms with Crippen LogP contribution in [0.1, 0.15) is 12.5 Å². The first-order chi connectivity index (χ1) is 10.7. The van der Waals surface area contributed by atoms with Gasteiger partial charge in [-0.25, -0.2) is 4.79 Å². The van der Waals surface area contributed by atoms with Crippen molar-refractivity contribution >= 4 is 17.4 Å². The van der Waals surface area contributed by atoms with Gasteiger partial charge in [0, 0.05) is 31.0 Å². The number of pyridine rings is 1. The fraction of sp³-hybridized carbons (Fsp3) is 0.294. The molecule has 1 fully saturated rings. The van der Waals surface area contributed by atoms with Crippen LogP contribution in [0.5, 0.6) is 5.75 Å². The van der Waals surface area contributed by atoms with E-state index in [9.17, 15) is 4.79 Å². The first-order valence-electron chi connectivity index (χ1n) is 7.40. The molecule has 0 aliphatic carbocycles. The van der Waals surface area contributed by atoms with Gasteiger partial charge < -0.3 is 4.74 Å². The van der Waals surface area contributed by atoms with Crippen molar-refractivity contribution < 1.29 is 9.53 Å². The van der Waals surface area contributed by atoms with Gasteiger partial charge in [-0.2, -0.15) is 0 Å². The van der Waals surface area contributed by atoms with Crippen LogP contribution in [0.2, 0.25) is 0 Å². The third-order valence-electron chi connectivity index (χ3n) is 3.93. The molecule has 5 nitrogen and oxygen atoms in total. The van der Waals surface area contributed by atoms with Gasteiger partial charge in [-0.05, 0) is 30.2 Å². The molecule has 3 rings (SSSR count). The topological polar surface area (TPSA) is 45.7 Å². The van der Waals surface area contributed by atoms with E-state index >= 15 is 0 Å². The molecule has 0 N–H and O–H groups in total. The smallest absolute Gasteiger partial charge is 0.329 e. The lowest BCUT2D eigenvalue weighted by Crippen LogP contribution is -2.32. The highest BCUT2D eigenvalue weighted by atomic mass is 16.5. The van der Waals surface area contributed by atoms with Crippen LogP contribution in [-0.4, -0.2) is 31.2 Å². The number of nitrogens with zero attached hydrogens (tertiary/aromatic N) is 3. The normalized spacial score (nSPS) is 14.5. The van der Waals surface area contributed by atoms with Crippen molar-refractivity contribution in [3.8, 4) is 5.75 Å². The Kier molecular flexibility index (Phi) is 3.96. The maximum absolute atomic E-state index is 12.8. The monoisotopic (exact) mass is 297 g/mol. The van der Waals surface area contributed by atoms with E-state index in [-0.39, 0.29) is 6.03 Å². The van der Waals surface area contributed by atoms with Gasteiger partial charge in [0.2, 0.25) is 0 Å². The Bertz CT molecular complexity index is 687. The molecular formula is C17H19N3O2. The molecule has 0 saturated carbocycles. The van der Waals surface area contributed by atoms with Crippen LogP contribution >= 0.6 is 0 Å². The number of benzene rings is 1. The number of methoxy groups -OCH3 is 1. The summed E-state index contributed by atoms with van der Waals surface area (Å²) < 4.78 is 5.24. The number of carbonyl (C=O) groups is 1. The molecule has 1 aliphatic heterocycles. The largest absolute Gasteiger partial charge is 0.497 e. The van der Waals surface area contributed by atoms with E-state index in [1.54, 1.807) is 29.3 Å². The Balaban J connectivity index is 1.88. The molecule has 0 bridgehead atoms. The summed E-state index contributed by atoms with van der Waals surface area (Å²) in [6, 6.07) is 9.52. The van der Waals surface area contributed by atoms with E-state index in [0.717, 1.165) is 29.1 Å². The second kappa shape index (κ2) is 6.05. The van der Waals surface area contributed by atoms with Gasteiger partial charge in [0.1, 0.15) is 5.75 Å². The number of aryl methyl sites for hydroxylation is 1. The fourth-order valence-electron chi connectivity index (χ4n) is 2.74. The zero-order valence-corrected chi connectivity index (χ0v) is 12.8. The second-order valence-corrected chi connectivity index (χ2v) is 5.15. The summed E-state index contributed by atoms with van der Waals surface area (Å²) in [5.41, 5.74) is 2.89. The van der Waals surface area contributed by atoms with Crippen molar-refractivity contribution in [3.63, 3.8) is 0 Å². The lowest BCUT2D eigenvalue weighted by atomic mass is 10.1. The number of anilines is 2. The number of carbonyl (C=O) groups excluding carboxylic acids is 1. The van der Waals surface area contributed by atoms with Crippen LogP contribution in [0.15, 0.2) is 42.7 Å². The minimum absolute atomic E-state index is 0.0176. The van der Waals surface area contributed by atoms with Gasteiger partial charge >= 0.3 is 6.03 Å². The highest BCUT2D eigenvalue weighted by Gasteiger charge is 2.31. The van der Waals surface area contributed by atoms with E-state index in [1.807, 2.05) is 30.3 Å². The first kappa shape index (κ1) is 14.4. The van der Waals surface area contributed by atoms with E-state index in [2.05, 4.69) is 11.9 Å². The molecule has 1 saturated heterocycles. The molecule has 5 heteroatoms. The quantitative estimate of drug-likeness (QED) is 0.871. The van der Waals surface area contributed by atoms with Crippen molar-refractivity contribution in [1.82, 2.24) is 4.98 Å². The van der Waals surface area contributed by atoms with E-state index in [1.165, 1.54) is 0 Å². The molecule has 22 heavy (non-hydrogen) atoms. The molecule has 2 heterocycles. The Morgan fingerprint density at radius 2 is 2.05 bits per heavy atom. The molecule has 0 unspecified atom stereocenters. The molecule has 1 aromatic carbocycles. The van der Waals surface area contributed by atoms with Gasteiger partial charge in [-0.3, -0.25) is 14.8 Å². The molecule has 0 spiro atoms. The van der Waals surface area contributed by atoms with Crippen LogP contribution in [0.4, 0.5) is 16.2 Å². The summed E-state index contributed by atoms with van der Waals surface area (Å²) in [4.78, 5) is 20.5. The molecule has 0 radical (unpaired) electrons. The zero-order chi connectivity index (χ0) is 15.5. The van der Waals surface area contributed by atoms with Crippen molar-refractivity contribution in [3.05, 3.63) is 48.3 Å². The van der Waals surface area contributed by atoms with E-state index < -0.39 is 0 Å². The minimum Gasteiger partial charge on any atom is -0.497 e. The Hall–Kier alpha value is -2.56. The number of urea groups is 1. The molecular weight excluding hydrogens is 278 g/mol. The minimum atomic E-state index is -0.0176. The maximum atomic E-state index is 12.8. The summed E-state index contributed by atoms with van der Waals surface area (Å²) in [7, 11) is 1.63. The predicted molar refractivity (Wildman–Crippen MR) is 86.7 cm³/mol. The number of hydrogen-bond donors (Lipinski definition) is 0. The number of rotatable bonds is 4. The molecule has 1 aromatic heterocycles. The zero-order valence-electron chi connectivity index (χ0n) is 12.8. The SMILES string of the molecule is CCc1ccncc1N1CCN(c2cccc(OC)c2)C1=O. The van der Waals surface area contributed by atoms with E-state index in [4.69, 9.17) is 4.74 Å². The van der Waals surface area contributed by atoms with Crippen LogP contribution in [0.25, 0.3) is 0 Å². The van der Waals surface area contributed by atoms with Crippen LogP contribution < -0.4 is 14.5 Å². The maximum Gasteiger partial charge on any atom is 0.329 e. The van der Waals surface area contributed by atoms with Gasteiger partial charge in [-0.15, -0.1) is 0 Å². The van der Waals surface area contributed by atoms with E-state index in [0.29, 0.717) is 13.1 Å². The lowest BCUT2D eigenvalue weighted by Gasteiger charge is -2.20. The number of aromatic nitrogens is 1. The Morgan fingerprint density at radius 1 is 1.23 bits per heavy atom.